The van der Waals surface area contributed by atoms with Gasteiger partial charge in [0.1, 0.15) is 0 Å². The summed E-state index contributed by atoms with van der Waals surface area (Å²) in [5, 5.41) is 13.0. The van der Waals surface area contributed by atoms with Gasteiger partial charge in [0.05, 0.1) is 10.7 Å². The monoisotopic (exact) mass is 295 g/mol. The summed E-state index contributed by atoms with van der Waals surface area (Å²) in [6, 6.07) is 3.57. The normalized spacial score (nSPS) is 23.4. The number of aliphatic hydroxyl groups is 1. The van der Waals surface area contributed by atoms with Crippen LogP contribution in [0.3, 0.4) is 0 Å². The fourth-order valence-electron chi connectivity index (χ4n) is 2.78. The number of carbonyl (C=O) groups is 1. The first-order chi connectivity index (χ1) is 9.56. The van der Waals surface area contributed by atoms with E-state index in [1.807, 2.05) is 6.07 Å². The zero-order valence-corrected chi connectivity index (χ0v) is 12.2. The molecule has 0 spiro atoms. The zero-order valence-electron chi connectivity index (χ0n) is 11.4. The van der Waals surface area contributed by atoms with Crippen molar-refractivity contribution in [2.75, 3.05) is 43.4 Å². The fraction of sp³-hybridized carbons (Fsp3) is 0.500. The van der Waals surface area contributed by atoms with Crippen molar-refractivity contribution in [3.8, 4) is 0 Å². The lowest BCUT2D eigenvalue weighted by atomic mass is 10.1. The Morgan fingerprint density at radius 3 is 2.90 bits per heavy atom. The van der Waals surface area contributed by atoms with Gasteiger partial charge in [0, 0.05) is 30.9 Å². The van der Waals surface area contributed by atoms with Gasteiger partial charge in [-0.3, -0.25) is 4.79 Å². The Balaban J connectivity index is 1.91. The second kappa shape index (κ2) is 5.24. The van der Waals surface area contributed by atoms with Crippen LogP contribution in [-0.4, -0.2) is 49.1 Å². The first-order valence-corrected chi connectivity index (χ1v) is 7.20. The molecule has 0 saturated carbocycles. The third-order valence-corrected chi connectivity index (χ3v) is 4.28. The van der Waals surface area contributed by atoms with Crippen LogP contribution in [0.25, 0.3) is 0 Å². The molecule has 1 aromatic rings. The number of aliphatic hydroxyl groups excluding tert-OH is 1. The highest BCUT2D eigenvalue weighted by molar-refractivity contribution is 6.33. The Morgan fingerprint density at radius 1 is 1.30 bits per heavy atom. The first kappa shape index (κ1) is 13.7. The number of hydrogen-bond acceptors (Lipinski definition) is 4. The largest absolute Gasteiger partial charge is 0.378 e. The maximum Gasteiger partial charge on any atom is 0.257 e. The molecule has 1 amide bonds. The molecule has 20 heavy (non-hydrogen) atoms. The van der Waals surface area contributed by atoms with Gasteiger partial charge in [0.15, 0.2) is 6.10 Å². The van der Waals surface area contributed by atoms with E-state index in [1.165, 1.54) is 0 Å². The van der Waals surface area contributed by atoms with Crippen LogP contribution in [0.2, 0.25) is 5.02 Å². The predicted molar refractivity (Wildman–Crippen MR) is 79.4 cm³/mol. The highest BCUT2D eigenvalue weighted by Gasteiger charge is 2.30. The predicted octanol–water partition coefficient (Wildman–Crippen LogP) is 1.47. The molecule has 1 atom stereocenters. The maximum atomic E-state index is 11.5. The summed E-state index contributed by atoms with van der Waals surface area (Å²) < 4.78 is 0. The van der Waals surface area contributed by atoms with Crippen LogP contribution in [0.5, 0.6) is 0 Å². The lowest BCUT2D eigenvalue weighted by Crippen LogP contribution is -2.29. The third kappa shape index (κ3) is 2.37. The number of amides is 1. The van der Waals surface area contributed by atoms with E-state index in [4.69, 9.17) is 11.6 Å². The number of anilines is 2. The molecule has 5 nitrogen and oxygen atoms in total. The maximum absolute atomic E-state index is 11.5. The van der Waals surface area contributed by atoms with E-state index in [0.29, 0.717) is 16.3 Å². The minimum Gasteiger partial charge on any atom is -0.378 e. The summed E-state index contributed by atoms with van der Waals surface area (Å²) >= 11 is 6.34. The molecule has 1 fully saturated rings. The van der Waals surface area contributed by atoms with E-state index in [-0.39, 0.29) is 5.91 Å². The van der Waals surface area contributed by atoms with Crippen LogP contribution in [0.1, 0.15) is 18.1 Å². The summed E-state index contributed by atoms with van der Waals surface area (Å²) in [4.78, 5) is 16.0. The smallest absolute Gasteiger partial charge is 0.257 e. The second-order valence-electron chi connectivity index (χ2n) is 5.43. The average molecular weight is 296 g/mol. The lowest BCUT2D eigenvalue weighted by molar-refractivity contribution is -0.123. The Hall–Kier alpha value is -1.30. The Morgan fingerprint density at radius 2 is 2.10 bits per heavy atom. The Kier molecular flexibility index (Phi) is 3.58. The van der Waals surface area contributed by atoms with Crippen LogP contribution in [0.4, 0.5) is 11.4 Å². The van der Waals surface area contributed by atoms with Crippen LogP contribution in [0.15, 0.2) is 12.1 Å². The standard InChI is InChI=1S/C14H18ClN3O2/c1-17-3-2-4-18(6-5-17)12-8-11-9(7-10(12)15)13(19)14(20)16-11/h7-8,13,19H,2-6H2,1H3,(H,16,20). The molecule has 2 aliphatic heterocycles. The van der Waals surface area contributed by atoms with Crippen LogP contribution < -0.4 is 10.2 Å². The number of nitrogens with one attached hydrogen (secondary N) is 1. The quantitative estimate of drug-likeness (QED) is 0.824. The average Bonchev–Trinajstić information content (AvgIpc) is 2.60. The topological polar surface area (TPSA) is 55.8 Å². The van der Waals surface area contributed by atoms with Gasteiger partial charge < -0.3 is 20.2 Å². The van der Waals surface area contributed by atoms with Gasteiger partial charge >= 0.3 is 0 Å². The van der Waals surface area contributed by atoms with Crippen molar-refractivity contribution in [3.63, 3.8) is 0 Å². The molecule has 108 valence electrons. The molecular formula is C14H18ClN3O2. The number of halogens is 1. The lowest BCUT2D eigenvalue weighted by Gasteiger charge is -2.24. The highest BCUT2D eigenvalue weighted by Crippen LogP contribution is 2.39. The van der Waals surface area contributed by atoms with Crippen molar-refractivity contribution < 1.29 is 9.90 Å². The van der Waals surface area contributed by atoms with Gasteiger partial charge in [0.2, 0.25) is 0 Å². The summed E-state index contributed by atoms with van der Waals surface area (Å²) in [5.41, 5.74) is 2.16. The van der Waals surface area contributed by atoms with Crippen molar-refractivity contribution >= 4 is 28.9 Å². The molecule has 2 aliphatic rings. The zero-order chi connectivity index (χ0) is 14.3. The van der Waals surface area contributed by atoms with Crippen molar-refractivity contribution in [2.45, 2.75) is 12.5 Å². The molecule has 2 N–H and O–H groups in total. The summed E-state index contributed by atoms with van der Waals surface area (Å²) in [5.74, 6) is -0.385. The summed E-state index contributed by atoms with van der Waals surface area (Å²) in [6.07, 6.45) is -0.0226. The number of nitrogens with zero attached hydrogens (tertiary/aromatic N) is 2. The number of rotatable bonds is 1. The van der Waals surface area contributed by atoms with Gasteiger partial charge in [-0.05, 0) is 32.1 Å². The Bertz CT molecular complexity index is 549. The van der Waals surface area contributed by atoms with Gasteiger partial charge in [0.25, 0.3) is 5.91 Å². The molecular weight excluding hydrogens is 278 g/mol. The van der Waals surface area contributed by atoms with Crippen molar-refractivity contribution in [1.82, 2.24) is 4.90 Å². The number of likely N-dealkylation sites (N-methyl/N-ethyl adjacent to an activating group) is 1. The minimum atomic E-state index is -1.10. The number of hydrogen-bond donors (Lipinski definition) is 2. The van der Waals surface area contributed by atoms with Gasteiger partial charge in [-0.1, -0.05) is 11.6 Å². The molecule has 1 aromatic carbocycles. The molecule has 3 rings (SSSR count). The second-order valence-corrected chi connectivity index (χ2v) is 5.83. The molecule has 0 aliphatic carbocycles. The van der Waals surface area contributed by atoms with Crippen molar-refractivity contribution in [3.05, 3.63) is 22.7 Å². The number of fused-ring (bicyclic) bond motifs is 1. The minimum absolute atomic E-state index is 0.385. The van der Waals surface area contributed by atoms with Gasteiger partial charge in [-0.15, -0.1) is 0 Å². The van der Waals surface area contributed by atoms with Crippen molar-refractivity contribution in [1.29, 1.82) is 0 Å². The van der Waals surface area contributed by atoms with Crippen LogP contribution in [-0.2, 0) is 4.79 Å². The van der Waals surface area contributed by atoms with Crippen LogP contribution >= 0.6 is 11.6 Å². The highest BCUT2D eigenvalue weighted by atomic mass is 35.5. The Labute approximate surface area is 123 Å². The van der Waals surface area contributed by atoms with E-state index >= 15 is 0 Å². The summed E-state index contributed by atoms with van der Waals surface area (Å²) in [7, 11) is 2.12. The SMILES string of the molecule is CN1CCCN(c2cc3c(cc2Cl)C(O)C(=O)N3)CC1. The van der Waals surface area contributed by atoms with Crippen molar-refractivity contribution in [2.24, 2.45) is 0 Å². The number of carbonyl (C=O) groups excluding carboxylic acids is 1. The molecule has 2 heterocycles. The molecule has 0 bridgehead atoms. The molecule has 6 heteroatoms. The summed E-state index contributed by atoms with van der Waals surface area (Å²) in [6.45, 7) is 3.92. The van der Waals surface area contributed by atoms with E-state index in [0.717, 1.165) is 38.3 Å². The molecule has 0 aromatic heterocycles. The first-order valence-electron chi connectivity index (χ1n) is 6.82. The van der Waals surface area contributed by atoms with E-state index < -0.39 is 6.10 Å². The fourth-order valence-corrected chi connectivity index (χ4v) is 3.08. The van der Waals surface area contributed by atoms with E-state index in [9.17, 15) is 9.90 Å². The number of benzene rings is 1. The van der Waals surface area contributed by atoms with Gasteiger partial charge in [-0.2, -0.15) is 0 Å². The molecule has 0 radical (unpaired) electrons. The van der Waals surface area contributed by atoms with Crippen LogP contribution in [0, 0.1) is 0 Å². The molecule has 1 saturated heterocycles. The van der Waals surface area contributed by atoms with E-state index in [2.05, 4.69) is 22.2 Å². The van der Waals surface area contributed by atoms with E-state index in [1.54, 1.807) is 6.07 Å². The third-order valence-electron chi connectivity index (χ3n) is 3.98. The van der Waals surface area contributed by atoms with Gasteiger partial charge in [-0.25, -0.2) is 0 Å². The molecule has 1 unspecified atom stereocenters.